The van der Waals surface area contributed by atoms with Gasteiger partial charge in [0.2, 0.25) is 11.8 Å². The molecule has 2 saturated heterocycles. The summed E-state index contributed by atoms with van der Waals surface area (Å²) in [6.07, 6.45) is 2.93. The molecule has 3 heterocycles. The van der Waals surface area contributed by atoms with Crippen molar-refractivity contribution in [3.05, 3.63) is 48.0 Å². The van der Waals surface area contributed by atoms with Crippen LogP contribution in [0.3, 0.4) is 0 Å². The monoisotopic (exact) mass is 436 g/mol. The van der Waals surface area contributed by atoms with Crippen molar-refractivity contribution in [2.75, 3.05) is 38.3 Å². The van der Waals surface area contributed by atoms with Gasteiger partial charge in [-0.05, 0) is 42.7 Å². The standard InChI is InChI=1S/C25H28N2O5/c1-30-21-8-3-2-6-20(21)27-16-18(15-24(27)28)25(29)26-11-4-7-19(26)17-9-10-22-23(14-17)32-13-5-12-31-22/h2-3,6,8-10,14,18-19H,4-5,7,11-13,15-16H2,1H3. The minimum Gasteiger partial charge on any atom is -0.495 e. The summed E-state index contributed by atoms with van der Waals surface area (Å²) >= 11 is 0. The van der Waals surface area contributed by atoms with E-state index in [4.69, 9.17) is 14.2 Å². The number of methoxy groups -OCH3 is 1. The minimum atomic E-state index is -0.353. The third kappa shape index (κ3) is 3.76. The molecule has 0 saturated carbocycles. The number of anilines is 1. The molecule has 2 aromatic carbocycles. The van der Waals surface area contributed by atoms with Gasteiger partial charge in [0.05, 0.1) is 38.0 Å². The first-order chi connectivity index (χ1) is 15.7. The lowest BCUT2D eigenvalue weighted by atomic mass is 10.0. The zero-order chi connectivity index (χ0) is 22.1. The number of hydrogen-bond donors (Lipinski definition) is 0. The van der Waals surface area contributed by atoms with Crippen molar-refractivity contribution < 1.29 is 23.8 Å². The third-order valence-electron chi connectivity index (χ3n) is 6.54. The van der Waals surface area contributed by atoms with Crippen LogP contribution in [0, 0.1) is 5.92 Å². The van der Waals surface area contributed by atoms with E-state index in [9.17, 15) is 9.59 Å². The molecule has 0 bridgehead atoms. The molecule has 2 fully saturated rings. The highest BCUT2D eigenvalue weighted by molar-refractivity contribution is 6.01. The summed E-state index contributed by atoms with van der Waals surface area (Å²) in [5, 5.41) is 0. The highest BCUT2D eigenvalue weighted by Gasteiger charge is 2.41. The van der Waals surface area contributed by atoms with Crippen LogP contribution in [0.5, 0.6) is 17.2 Å². The topological polar surface area (TPSA) is 68.3 Å². The van der Waals surface area contributed by atoms with Gasteiger partial charge in [0.25, 0.3) is 0 Å². The summed E-state index contributed by atoms with van der Waals surface area (Å²) in [4.78, 5) is 29.9. The van der Waals surface area contributed by atoms with E-state index in [1.165, 1.54) is 0 Å². The Morgan fingerprint density at radius 2 is 1.88 bits per heavy atom. The Morgan fingerprint density at radius 3 is 2.72 bits per heavy atom. The summed E-state index contributed by atoms with van der Waals surface area (Å²) in [7, 11) is 1.59. The van der Waals surface area contributed by atoms with Crippen LogP contribution in [0.4, 0.5) is 5.69 Å². The molecule has 0 spiro atoms. The Hall–Kier alpha value is -3.22. The second-order valence-electron chi connectivity index (χ2n) is 8.52. The Bertz CT molecular complexity index is 1020. The number of nitrogens with zero attached hydrogens (tertiary/aromatic N) is 2. The lowest BCUT2D eigenvalue weighted by molar-refractivity contribution is -0.136. The van der Waals surface area contributed by atoms with Gasteiger partial charge in [-0.3, -0.25) is 9.59 Å². The maximum Gasteiger partial charge on any atom is 0.228 e. The first-order valence-electron chi connectivity index (χ1n) is 11.3. The first kappa shape index (κ1) is 20.7. The number of fused-ring (bicyclic) bond motifs is 1. The average molecular weight is 437 g/mol. The summed E-state index contributed by atoms with van der Waals surface area (Å²) < 4.78 is 17.0. The smallest absolute Gasteiger partial charge is 0.228 e. The molecule has 32 heavy (non-hydrogen) atoms. The molecule has 0 radical (unpaired) electrons. The average Bonchev–Trinajstić information content (AvgIpc) is 3.39. The summed E-state index contributed by atoms with van der Waals surface area (Å²) in [5.41, 5.74) is 1.78. The van der Waals surface area contributed by atoms with E-state index in [1.54, 1.807) is 12.0 Å². The number of ether oxygens (including phenoxy) is 3. The van der Waals surface area contributed by atoms with Crippen molar-refractivity contribution in [3.8, 4) is 17.2 Å². The van der Waals surface area contributed by atoms with Gasteiger partial charge >= 0.3 is 0 Å². The van der Waals surface area contributed by atoms with Crippen molar-refractivity contribution in [3.63, 3.8) is 0 Å². The summed E-state index contributed by atoms with van der Waals surface area (Å²) in [5.74, 6) is 1.80. The second kappa shape index (κ2) is 8.73. The molecule has 5 rings (SSSR count). The van der Waals surface area contributed by atoms with E-state index in [1.807, 2.05) is 47.4 Å². The Labute approximate surface area is 187 Å². The maximum atomic E-state index is 13.5. The van der Waals surface area contributed by atoms with E-state index < -0.39 is 0 Å². The number of hydrogen-bond acceptors (Lipinski definition) is 5. The molecule has 2 aromatic rings. The fourth-order valence-corrected chi connectivity index (χ4v) is 4.96. The fourth-order valence-electron chi connectivity index (χ4n) is 4.96. The lowest BCUT2D eigenvalue weighted by Crippen LogP contribution is -2.37. The number of amides is 2. The number of benzene rings is 2. The van der Waals surface area contributed by atoms with Gasteiger partial charge in [-0.15, -0.1) is 0 Å². The van der Waals surface area contributed by atoms with Crippen LogP contribution in [0.2, 0.25) is 0 Å². The van der Waals surface area contributed by atoms with E-state index >= 15 is 0 Å². The molecule has 168 valence electrons. The second-order valence-corrected chi connectivity index (χ2v) is 8.52. The Kier molecular flexibility index (Phi) is 5.64. The molecule has 2 amide bonds. The van der Waals surface area contributed by atoms with Crippen LogP contribution >= 0.6 is 0 Å². The molecule has 0 N–H and O–H groups in total. The van der Waals surface area contributed by atoms with Gasteiger partial charge in [0.1, 0.15) is 5.75 Å². The Balaban J connectivity index is 1.34. The van der Waals surface area contributed by atoms with Gasteiger partial charge in [-0.2, -0.15) is 0 Å². The number of rotatable bonds is 4. The van der Waals surface area contributed by atoms with Gasteiger partial charge < -0.3 is 24.0 Å². The quantitative estimate of drug-likeness (QED) is 0.733. The maximum absolute atomic E-state index is 13.5. The molecular weight excluding hydrogens is 408 g/mol. The fraction of sp³-hybridized carbons (Fsp3) is 0.440. The van der Waals surface area contributed by atoms with Gasteiger partial charge in [0.15, 0.2) is 11.5 Å². The van der Waals surface area contributed by atoms with Crippen LogP contribution in [0.25, 0.3) is 0 Å². The molecule has 3 aliphatic rings. The highest BCUT2D eigenvalue weighted by atomic mass is 16.5. The minimum absolute atomic E-state index is 0.00457. The third-order valence-corrected chi connectivity index (χ3v) is 6.54. The predicted molar refractivity (Wildman–Crippen MR) is 119 cm³/mol. The lowest BCUT2D eigenvalue weighted by Gasteiger charge is -2.28. The SMILES string of the molecule is COc1ccccc1N1CC(C(=O)N2CCCC2c2ccc3c(c2)OCCCO3)CC1=O. The molecule has 0 aromatic heterocycles. The summed E-state index contributed by atoms with van der Waals surface area (Å²) in [6, 6.07) is 13.4. The van der Waals surface area contributed by atoms with E-state index in [-0.39, 0.29) is 30.2 Å². The molecule has 7 heteroatoms. The normalized spacial score (nSPS) is 22.7. The zero-order valence-corrected chi connectivity index (χ0v) is 18.3. The largest absolute Gasteiger partial charge is 0.495 e. The molecule has 2 unspecified atom stereocenters. The summed E-state index contributed by atoms with van der Waals surface area (Å²) in [6.45, 7) is 2.37. The van der Waals surface area contributed by atoms with Crippen LogP contribution in [-0.2, 0) is 9.59 Å². The van der Waals surface area contributed by atoms with Crippen LogP contribution in [0.15, 0.2) is 42.5 Å². The van der Waals surface area contributed by atoms with Gasteiger partial charge in [-0.1, -0.05) is 18.2 Å². The van der Waals surface area contributed by atoms with Crippen LogP contribution < -0.4 is 19.1 Å². The molecule has 0 aliphatic carbocycles. The zero-order valence-electron chi connectivity index (χ0n) is 18.3. The first-order valence-corrected chi connectivity index (χ1v) is 11.3. The number of carbonyl (C=O) groups is 2. The molecule has 2 atom stereocenters. The van der Waals surface area contributed by atoms with Crippen molar-refractivity contribution in [1.29, 1.82) is 0 Å². The van der Waals surface area contributed by atoms with Crippen LogP contribution in [-0.4, -0.2) is 50.1 Å². The van der Waals surface area contributed by atoms with Crippen molar-refractivity contribution in [2.24, 2.45) is 5.92 Å². The molecular formula is C25H28N2O5. The molecule has 3 aliphatic heterocycles. The van der Waals surface area contributed by atoms with Crippen molar-refractivity contribution >= 4 is 17.5 Å². The van der Waals surface area contributed by atoms with Crippen molar-refractivity contribution in [2.45, 2.75) is 31.7 Å². The van der Waals surface area contributed by atoms with Gasteiger partial charge in [0, 0.05) is 25.9 Å². The van der Waals surface area contributed by atoms with E-state index in [0.29, 0.717) is 32.1 Å². The number of carbonyl (C=O) groups excluding carboxylic acids is 2. The van der Waals surface area contributed by atoms with Gasteiger partial charge in [-0.25, -0.2) is 0 Å². The van der Waals surface area contributed by atoms with E-state index in [2.05, 4.69) is 0 Å². The Morgan fingerprint density at radius 1 is 1.06 bits per heavy atom. The predicted octanol–water partition coefficient (Wildman–Crippen LogP) is 3.57. The van der Waals surface area contributed by atoms with Crippen molar-refractivity contribution in [1.82, 2.24) is 4.90 Å². The van der Waals surface area contributed by atoms with Crippen LogP contribution in [0.1, 0.15) is 37.3 Å². The number of likely N-dealkylation sites (tertiary alicyclic amines) is 1. The molecule has 7 nitrogen and oxygen atoms in total. The highest BCUT2D eigenvalue weighted by Crippen LogP contribution is 2.40. The number of para-hydroxylation sites is 2. The van der Waals surface area contributed by atoms with E-state index in [0.717, 1.165) is 42.0 Å².